The van der Waals surface area contributed by atoms with Gasteiger partial charge in [-0.3, -0.25) is 9.59 Å². The molecule has 0 amide bonds. The van der Waals surface area contributed by atoms with Gasteiger partial charge in [0.25, 0.3) is 0 Å². The first-order chi connectivity index (χ1) is 32.6. The molecule has 0 radical (unpaired) electrons. The molecular formula is C61H96O5. The number of ether oxygens (including phenoxy) is 3. The molecule has 0 aliphatic rings. The Balaban J connectivity index is 4.52. The van der Waals surface area contributed by atoms with Crippen LogP contribution in [0.4, 0.5) is 0 Å². The minimum atomic E-state index is -0.614. The fourth-order valence-corrected chi connectivity index (χ4v) is 6.52. The number of rotatable bonds is 46. The lowest BCUT2D eigenvalue weighted by Crippen LogP contribution is -2.30. The van der Waals surface area contributed by atoms with Crippen molar-refractivity contribution in [3.8, 4) is 0 Å². The number of carbonyl (C=O) groups excluding carboxylic acids is 2. The van der Waals surface area contributed by atoms with Gasteiger partial charge in [-0.2, -0.15) is 0 Å². The Morgan fingerprint density at radius 2 is 0.697 bits per heavy atom. The van der Waals surface area contributed by atoms with Crippen LogP contribution < -0.4 is 0 Å². The van der Waals surface area contributed by atoms with Crippen LogP contribution >= 0.6 is 0 Å². The molecule has 0 aliphatic heterocycles. The van der Waals surface area contributed by atoms with Crippen LogP contribution in [0.25, 0.3) is 0 Å². The van der Waals surface area contributed by atoms with Crippen LogP contribution in [0.2, 0.25) is 0 Å². The summed E-state index contributed by atoms with van der Waals surface area (Å²) in [7, 11) is 0. The summed E-state index contributed by atoms with van der Waals surface area (Å²) in [6, 6.07) is 0. The lowest BCUT2D eigenvalue weighted by atomic mass is 10.1. The summed E-state index contributed by atoms with van der Waals surface area (Å²) in [4.78, 5) is 25.4. The Morgan fingerprint density at radius 1 is 0.348 bits per heavy atom. The first kappa shape index (κ1) is 61.8. The Hall–Kier alpha value is -4.22. The third-order valence-electron chi connectivity index (χ3n) is 10.4. The Kier molecular flexibility index (Phi) is 51.6. The molecule has 0 saturated heterocycles. The van der Waals surface area contributed by atoms with Crippen LogP contribution in [0.15, 0.2) is 146 Å². The number of allylic oxidation sites excluding steroid dienone is 23. The van der Waals surface area contributed by atoms with Crippen LogP contribution in [0.3, 0.4) is 0 Å². The third-order valence-corrected chi connectivity index (χ3v) is 10.4. The molecule has 370 valence electrons. The van der Waals surface area contributed by atoms with Gasteiger partial charge in [0.2, 0.25) is 0 Å². The van der Waals surface area contributed by atoms with E-state index in [1.165, 1.54) is 51.4 Å². The smallest absolute Gasteiger partial charge is 0.306 e. The fourth-order valence-electron chi connectivity index (χ4n) is 6.52. The number of esters is 2. The van der Waals surface area contributed by atoms with Crippen molar-refractivity contribution in [3.05, 3.63) is 146 Å². The maximum absolute atomic E-state index is 12.8. The van der Waals surface area contributed by atoms with E-state index in [9.17, 15) is 9.59 Å². The number of hydrogen-bond acceptors (Lipinski definition) is 5. The van der Waals surface area contributed by atoms with E-state index in [1.54, 1.807) is 0 Å². The summed E-state index contributed by atoms with van der Waals surface area (Å²) < 4.78 is 17.3. The van der Waals surface area contributed by atoms with E-state index in [1.807, 2.05) is 0 Å². The van der Waals surface area contributed by atoms with Crippen LogP contribution in [0, 0.1) is 0 Å². The highest BCUT2D eigenvalue weighted by Gasteiger charge is 2.17. The van der Waals surface area contributed by atoms with Crippen molar-refractivity contribution in [1.82, 2.24) is 0 Å². The highest BCUT2D eigenvalue weighted by atomic mass is 16.6. The van der Waals surface area contributed by atoms with Gasteiger partial charge < -0.3 is 14.2 Å². The molecular weight excluding hydrogens is 813 g/mol. The molecule has 0 aromatic carbocycles. The van der Waals surface area contributed by atoms with Gasteiger partial charge in [-0.05, 0) is 122 Å². The van der Waals surface area contributed by atoms with Crippen molar-refractivity contribution in [2.24, 2.45) is 0 Å². The van der Waals surface area contributed by atoms with E-state index in [0.29, 0.717) is 25.9 Å². The lowest BCUT2D eigenvalue weighted by molar-refractivity contribution is -0.162. The SMILES string of the molecule is CC/C=C\C/C=C\C/C=C\C/C=C\C/C=C\CCCC(=O)OCC(COCC/C=C\C/C=C\C/C=C\C/C=C\C/C=C\CC)OC(=O)CCCCCCCCC/C=C\C/C=C\CCCCC. The second-order valence-electron chi connectivity index (χ2n) is 16.7. The molecule has 1 atom stereocenters. The summed E-state index contributed by atoms with van der Waals surface area (Å²) in [5.74, 6) is -0.526. The fraction of sp³-hybridized carbons (Fsp3) is 0.574. The van der Waals surface area contributed by atoms with Crippen molar-refractivity contribution in [3.63, 3.8) is 0 Å². The topological polar surface area (TPSA) is 61.8 Å². The second-order valence-corrected chi connectivity index (χ2v) is 16.7. The Morgan fingerprint density at radius 3 is 1.14 bits per heavy atom. The quantitative estimate of drug-likeness (QED) is 0.0346. The summed E-state index contributed by atoms with van der Waals surface area (Å²) in [6.07, 6.45) is 80.2. The zero-order chi connectivity index (χ0) is 47.7. The molecule has 0 aromatic heterocycles. The molecule has 5 nitrogen and oxygen atoms in total. The Bertz CT molecular complexity index is 1450. The standard InChI is InChI=1S/C61H96O5/c1-4-7-10-13-16-19-22-25-28-31-33-36-39-42-45-48-51-54-60(62)65-58-59(57-64-56-53-50-47-44-41-38-35-30-27-24-21-18-15-12-9-6-3)66-61(63)55-52-49-46-43-40-37-34-32-29-26-23-20-17-14-11-8-5-2/h7,9-10,12,16-21,25-30,33,36,38,41-42,45,47,50,59H,4-6,8,11,13-15,22-24,31-32,34-35,37,39-40,43-44,46,48-49,51-58H2,1-3H3/b10-7-,12-9-,19-16-,20-17-,21-18-,28-25-,29-26-,30-27-,36-33-,41-38-,45-42-,50-47-. The number of hydrogen-bond donors (Lipinski definition) is 0. The summed E-state index contributed by atoms with van der Waals surface area (Å²) in [6.45, 7) is 7.27. The van der Waals surface area contributed by atoms with Crippen LogP contribution in [0.5, 0.6) is 0 Å². The van der Waals surface area contributed by atoms with Crippen molar-refractivity contribution in [2.45, 2.75) is 207 Å². The highest BCUT2D eigenvalue weighted by Crippen LogP contribution is 2.12. The molecule has 5 heteroatoms. The largest absolute Gasteiger partial charge is 0.462 e. The van der Waals surface area contributed by atoms with Crippen molar-refractivity contribution in [2.75, 3.05) is 19.8 Å². The number of unbranched alkanes of at least 4 members (excludes halogenated alkanes) is 11. The van der Waals surface area contributed by atoms with Gasteiger partial charge in [-0.1, -0.05) is 212 Å². The van der Waals surface area contributed by atoms with E-state index in [0.717, 1.165) is 109 Å². The molecule has 0 aliphatic carbocycles. The van der Waals surface area contributed by atoms with Gasteiger partial charge in [0.05, 0.1) is 13.2 Å². The summed E-state index contributed by atoms with van der Waals surface area (Å²) in [5, 5.41) is 0. The molecule has 0 bridgehead atoms. The van der Waals surface area contributed by atoms with Gasteiger partial charge in [0.1, 0.15) is 6.61 Å². The second kappa shape index (κ2) is 55.1. The van der Waals surface area contributed by atoms with E-state index in [2.05, 4.69) is 167 Å². The normalized spacial score (nSPS) is 13.4. The van der Waals surface area contributed by atoms with Gasteiger partial charge >= 0.3 is 11.9 Å². The van der Waals surface area contributed by atoms with Crippen molar-refractivity contribution in [1.29, 1.82) is 0 Å². The zero-order valence-corrected chi connectivity index (χ0v) is 42.4. The van der Waals surface area contributed by atoms with Gasteiger partial charge in [0, 0.05) is 12.8 Å². The molecule has 0 saturated carbocycles. The average Bonchev–Trinajstić information content (AvgIpc) is 3.32. The van der Waals surface area contributed by atoms with E-state index >= 15 is 0 Å². The minimum absolute atomic E-state index is 0.0127. The van der Waals surface area contributed by atoms with Crippen molar-refractivity contribution < 1.29 is 23.8 Å². The predicted molar refractivity (Wildman–Crippen MR) is 288 cm³/mol. The minimum Gasteiger partial charge on any atom is -0.462 e. The zero-order valence-electron chi connectivity index (χ0n) is 42.4. The molecule has 1 unspecified atom stereocenters. The van der Waals surface area contributed by atoms with E-state index in [-0.39, 0.29) is 25.2 Å². The molecule has 0 N–H and O–H groups in total. The first-order valence-corrected chi connectivity index (χ1v) is 26.4. The van der Waals surface area contributed by atoms with Crippen LogP contribution in [-0.4, -0.2) is 37.9 Å². The third kappa shape index (κ3) is 52.4. The first-order valence-electron chi connectivity index (χ1n) is 26.4. The van der Waals surface area contributed by atoms with Crippen LogP contribution in [0.1, 0.15) is 201 Å². The predicted octanol–water partition coefficient (Wildman–Crippen LogP) is 18.1. The van der Waals surface area contributed by atoms with Gasteiger partial charge in [0.15, 0.2) is 6.10 Å². The summed E-state index contributed by atoms with van der Waals surface area (Å²) in [5.41, 5.74) is 0. The molecule has 0 heterocycles. The molecule has 66 heavy (non-hydrogen) atoms. The van der Waals surface area contributed by atoms with Crippen molar-refractivity contribution >= 4 is 11.9 Å². The average molecular weight is 909 g/mol. The van der Waals surface area contributed by atoms with Gasteiger partial charge in [-0.25, -0.2) is 0 Å². The molecule has 0 aromatic rings. The summed E-state index contributed by atoms with van der Waals surface area (Å²) >= 11 is 0. The monoisotopic (exact) mass is 909 g/mol. The molecule has 0 rings (SSSR count). The highest BCUT2D eigenvalue weighted by molar-refractivity contribution is 5.70. The maximum Gasteiger partial charge on any atom is 0.306 e. The Labute approximate surface area is 406 Å². The molecule has 0 fully saturated rings. The van der Waals surface area contributed by atoms with E-state index in [4.69, 9.17) is 14.2 Å². The van der Waals surface area contributed by atoms with Gasteiger partial charge in [-0.15, -0.1) is 0 Å². The lowest BCUT2D eigenvalue weighted by Gasteiger charge is -2.18. The van der Waals surface area contributed by atoms with Crippen LogP contribution in [-0.2, 0) is 23.8 Å². The van der Waals surface area contributed by atoms with E-state index < -0.39 is 6.10 Å². The maximum atomic E-state index is 12.8. The number of carbonyl (C=O) groups is 2. The molecule has 0 spiro atoms.